The molecule has 27 heavy (non-hydrogen) atoms. The lowest BCUT2D eigenvalue weighted by atomic mass is 9.70. The topological polar surface area (TPSA) is 64.6 Å². The number of nitrogens with one attached hydrogen (secondary N) is 1. The van der Waals surface area contributed by atoms with Crippen molar-refractivity contribution in [2.75, 3.05) is 6.61 Å². The van der Waals surface area contributed by atoms with Crippen LogP contribution in [-0.4, -0.2) is 38.9 Å². The van der Waals surface area contributed by atoms with Crippen LogP contribution >= 0.6 is 0 Å². The lowest BCUT2D eigenvalue weighted by Gasteiger charge is -2.47. The van der Waals surface area contributed by atoms with Gasteiger partial charge in [-0.3, -0.25) is 9.59 Å². The minimum atomic E-state index is -1.90. The Kier molecular flexibility index (Phi) is 8.12. The fraction of sp³-hybridized carbons (Fsp3) is 0.905. The van der Waals surface area contributed by atoms with Crippen LogP contribution in [0.15, 0.2) is 0 Å². The van der Waals surface area contributed by atoms with Crippen LogP contribution in [0.5, 0.6) is 0 Å². The third kappa shape index (κ3) is 5.80. The highest BCUT2D eigenvalue weighted by Gasteiger charge is 2.46. The molecule has 0 bridgehead atoms. The van der Waals surface area contributed by atoms with Crippen molar-refractivity contribution in [2.45, 2.75) is 92.1 Å². The van der Waals surface area contributed by atoms with Crippen LogP contribution in [0.25, 0.3) is 0 Å². The number of hydrogen-bond acceptors (Lipinski definition) is 4. The van der Waals surface area contributed by atoms with Gasteiger partial charge in [-0.2, -0.15) is 0 Å². The number of rotatable bonds is 7. The first-order valence-electron chi connectivity index (χ1n) is 10.3. The Morgan fingerprint density at radius 2 is 1.70 bits per heavy atom. The average Bonchev–Trinajstić information content (AvgIpc) is 2.52. The first-order valence-corrected chi connectivity index (χ1v) is 13.2. The summed E-state index contributed by atoms with van der Waals surface area (Å²) in [5.41, 5.74) is 0. The van der Waals surface area contributed by atoms with Crippen molar-refractivity contribution in [3.05, 3.63) is 0 Å². The first kappa shape index (κ1) is 24.2. The molecule has 1 rings (SSSR count). The van der Waals surface area contributed by atoms with Gasteiger partial charge in [-0.05, 0) is 48.2 Å². The Morgan fingerprint density at radius 3 is 2.15 bits per heavy atom. The maximum absolute atomic E-state index is 11.6. The molecule has 5 atom stereocenters. The molecule has 0 aliphatic heterocycles. The Labute approximate surface area is 167 Å². The zero-order valence-corrected chi connectivity index (χ0v) is 20.0. The van der Waals surface area contributed by atoms with Crippen LogP contribution in [0.1, 0.15) is 61.8 Å². The van der Waals surface area contributed by atoms with Crippen molar-refractivity contribution < 1.29 is 18.8 Å². The van der Waals surface area contributed by atoms with Gasteiger partial charge in [-0.1, -0.05) is 41.5 Å². The minimum Gasteiger partial charge on any atom is -0.460 e. The van der Waals surface area contributed by atoms with E-state index in [1.807, 2.05) is 0 Å². The Bertz CT molecular complexity index is 532. The molecule has 0 aromatic heterocycles. The highest BCUT2D eigenvalue weighted by atomic mass is 28.4. The van der Waals surface area contributed by atoms with Crippen molar-refractivity contribution in [2.24, 2.45) is 23.7 Å². The zero-order valence-electron chi connectivity index (χ0n) is 19.0. The highest BCUT2D eigenvalue weighted by molar-refractivity contribution is 6.74. The van der Waals surface area contributed by atoms with Gasteiger partial charge in [0.25, 0.3) is 0 Å². The number of ether oxygens (including phenoxy) is 1. The summed E-state index contributed by atoms with van der Waals surface area (Å²) in [6.45, 7) is 21.7. The van der Waals surface area contributed by atoms with Crippen LogP contribution in [0.3, 0.4) is 0 Å². The number of esters is 1. The third-order valence-corrected chi connectivity index (χ3v) is 12.0. The molecule has 6 heteroatoms. The molecular formula is C21H41NO4Si. The number of hydrogen-bond donors (Lipinski definition) is 1. The summed E-state index contributed by atoms with van der Waals surface area (Å²) in [6.07, 6.45) is 0.428. The van der Waals surface area contributed by atoms with E-state index in [0.29, 0.717) is 24.4 Å². The molecule has 0 radical (unpaired) electrons. The van der Waals surface area contributed by atoms with Crippen LogP contribution < -0.4 is 5.32 Å². The smallest absolute Gasteiger partial charge is 0.302 e. The first-order chi connectivity index (χ1) is 12.2. The summed E-state index contributed by atoms with van der Waals surface area (Å²) in [5.74, 6) is 1.07. The molecule has 1 saturated carbocycles. The summed E-state index contributed by atoms with van der Waals surface area (Å²) in [7, 11) is -1.90. The van der Waals surface area contributed by atoms with Gasteiger partial charge in [0.05, 0.1) is 6.04 Å². The molecule has 1 N–H and O–H groups in total. The maximum Gasteiger partial charge on any atom is 0.302 e. The molecular weight excluding hydrogens is 358 g/mol. The second kappa shape index (κ2) is 9.08. The SMILES string of the molecule is CC(=O)NC1C(OC(C)=O)CC(CO[Si](C)(C)C(C)(C)C(C)C)C(C)C1C. The summed E-state index contributed by atoms with van der Waals surface area (Å²) in [5, 5.41) is 3.17. The van der Waals surface area contributed by atoms with Crippen molar-refractivity contribution in [3.8, 4) is 0 Å². The van der Waals surface area contributed by atoms with Gasteiger partial charge in [0.1, 0.15) is 6.10 Å². The summed E-state index contributed by atoms with van der Waals surface area (Å²) in [6, 6.07) is -0.144. The van der Waals surface area contributed by atoms with E-state index in [9.17, 15) is 9.59 Å². The number of amides is 1. The van der Waals surface area contributed by atoms with E-state index >= 15 is 0 Å². The van der Waals surface area contributed by atoms with Gasteiger partial charge < -0.3 is 14.5 Å². The second-order valence-corrected chi connectivity index (χ2v) is 14.4. The van der Waals surface area contributed by atoms with Crippen molar-refractivity contribution in [1.29, 1.82) is 0 Å². The fourth-order valence-electron chi connectivity index (χ4n) is 3.96. The van der Waals surface area contributed by atoms with Gasteiger partial charge >= 0.3 is 5.97 Å². The zero-order chi connectivity index (χ0) is 21.2. The van der Waals surface area contributed by atoms with Gasteiger partial charge in [0.2, 0.25) is 5.91 Å². The van der Waals surface area contributed by atoms with Gasteiger partial charge in [0, 0.05) is 20.5 Å². The van der Waals surface area contributed by atoms with Crippen LogP contribution in [0.2, 0.25) is 18.1 Å². The predicted molar refractivity (Wildman–Crippen MR) is 112 cm³/mol. The second-order valence-electron chi connectivity index (χ2n) is 9.79. The molecule has 158 valence electrons. The number of carbonyl (C=O) groups is 2. The largest absolute Gasteiger partial charge is 0.460 e. The Morgan fingerprint density at radius 1 is 1.15 bits per heavy atom. The van der Waals surface area contributed by atoms with Crippen molar-refractivity contribution in [1.82, 2.24) is 5.32 Å². The van der Waals surface area contributed by atoms with Crippen LogP contribution in [0, 0.1) is 23.7 Å². The van der Waals surface area contributed by atoms with E-state index in [1.54, 1.807) is 0 Å². The Balaban J connectivity index is 2.93. The van der Waals surface area contributed by atoms with Crippen molar-refractivity contribution >= 4 is 20.2 Å². The molecule has 0 spiro atoms. The van der Waals surface area contributed by atoms with E-state index in [1.165, 1.54) is 13.8 Å². The standard InChI is InChI=1S/C21H41NO4Si/c1-13(2)21(7,8)27(9,10)25-12-18-11-19(26-17(6)24)20(22-16(5)23)15(4)14(18)3/h13-15,18-20H,11-12H2,1-10H3,(H,22,23). The molecule has 0 aromatic rings. The fourth-order valence-corrected chi connectivity index (χ4v) is 6.36. The minimum absolute atomic E-state index is 0.0851. The van der Waals surface area contributed by atoms with Gasteiger partial charge in [-0.15, -0.1) is 0 Å². The number of carbonyl (C=O) groups excluding carboxylic acids is 2. The summed E-state index contributed by atoms with van der Waals surface area (Å²) in [4.78, 5) is 23.2. The quantitative estimate of drug-likeness (QED) is 0.510. The average molecular weight is 400 g/mol. The predicted octanol–water partition coefficient (Wildman–Crippen LogP) is 4.37. The van der Waals surface area contributed by atoms with Gasteiger partial charge in [-0.25, -0.2) is 0 Å². The molecule has 5 nitrogen and oxygen atoms in total. The molecule has 5 unspecified atom stereocenters. The summed E-state index contributed by atoms with van der Waals surface area (Å²) >= 11 is 0. The third-order valence-electron chi connectivity index (χ3n) is 7.42. The monoisotopic (exact) mass is 399 g/mol. The molecule has 1 aliphatic rings. The molecule has 0 aromatic carbocycles. The lowest BCUT2D eigenvalue weighted by molar-refractivity contribution is -0.154. The van der Waals surface area contributed by atoms with Gasteiger partial charge in [0.15, 0.2) is 8.32 Å². The van der Waals surface area contributed by atoms with Crippen LogP contribution in [0.4, 0.5) is 0 Å². The molecule has 1 amide bonds. The van der Waals surface area contributed by atoms with E-state index in [-0.39, 0.29) is 35.0 Å². The van der Waals surface area contributed by atoms with Crippen molar-refractivity contribution in [3.63, 3.8) is 0 Å². The van der Waals surface area contributed by atoms with Crippen LogP contribution in [-0.2, 0) is 18.8 Å². The molecule has 1 aliphatic carbocycles. The molecule has 1 fully saturated rings. The highest BCUT2D eigenvalue weighted by Crippen LogP contribution is 2.45. The lowest BCUT2D eigenvalue weighted by Crippen LogP contribution is -2.56. The van der Waals surface area contributed by atoms with E-state index in [2.05, 4.69) is 60.0 Å². The summed E-state index contributed by atoms with van der Waals surface area (Å²) < 4.78 is 12.2. The Hall–Kier alpha value is -0.883. The molecule has 0 heterocycles. The maximum atomic E-state index is 11.6. The van der Waals surface area contributed by atoms with E-state index in [4.69, 9.17) is 9.16 Å². The normalized spacial score (nSPS) is 29.5. The molecule has 0 saturated heterocycles. The van der Waals surface area contributed by atoms with E-state index < -0.39 is 8.32 Å². The van der Waals surface area contributed by atoms with E-state index in [0.717, 1.165) is 6.42 Å².